The van der Waals surface area contributed by atoms with Gasteiger partial charge in [0.2, 0.25) is 0 Å². The van der Waals surface area contributed by atoms with E-state index in [4.69, 9.17) is 4.74 Å². The zero-order valence-corrected chi connectivity index (χ0v) is 13.6. The third kappa shape index (κ3) is 4.23. The second kappa shape index (κ2) is 7.64. The number of nitro groups is 1. The molecule has 0 saturated heterocycles. The summed E-state index contributed by atoms with van der Waals surface area (Å²) in [4.78, 5) is 23.9. The van der Waals surface area contributed by atoms with Crippen molar-refractivity contribution >= 4 is 29.0 Å². The van der Waals surface area contributed by atoms with Crippen molar-refractivity contribution in [3.05, 3.63) is 58.1 Å². The van der Waals surface area contributed by atoms with E-state index in [9.17, 15) is 14.9 Å². The Morgan fingerprint density at radius 3 is 2.52 bits per heavy atom. The van der Waals surface area contributed by atoms with Crippen LogP contribution in [0.5, 0.6) is 5.75 Å². The van der Waals surface area contributed by atoms with Crippen LogP contribution < -0.4 is 10.1 Å². The van der Waals surface area contributed by atoms with E-state index in [1.165, 1.54) is 19.2 Å². The van der Waals surface area contributed by atoms with Crippen molar-refractivity contribution in [2.24, 2.45) is 0 Å². The van der Waals surface area contributed by atoms with E-state index >= 15 is 0 Å². The Bertz CT molecular complexity index is 717. The predicted octanol–water partition coefficient (Wildman–Crippen LogP) is 3.97. The van der Waals surface area contributed by atoms with Gasteiger partial charge in [0.1, 0.15) is 11.4 Å². The molecule has 1 amide bonds. The van der Waals surface area contributed by atoms with Gasteiger partial charge in [-0.2, -0.15) is 0 Å². The first-order chi connectivity index (χ1) is 11.0. The van der Waals surface area contributed by atoms with Crippen molar-refractivity contribution in [3.8, 4) is 5.75 Å². The first-order valence-corrected chi connectivity index (χ1v) is 7.90. The third-order valence-corrected chi connectivity index (χ3v) is 3.97. The van der Waals surface area contributed by atoms with Gasteiger partial charge in [-0.1, -0.05) is 6.92 Å². The normalized spacial score (nSPS) is 10.2. The summed E-state index contributed by atoms with van der Waals surface area (Å²) in [7, 11) is 1.42. The van der Waals surface area contributed by atoms with Crippen LogP contribution in [-0.2, 0) is 0 Å². The number of benzene rings is 2. The van der Waals surface area contributed by atoms with Crippen molar-refractivity contribution < 1.29 is 14.5 Å². The van der Waals surface area contributed by atoms with Gasteiger partial charge in [-0.05, 0) is 42.2 Å². The first-order valence-electron chi connectivity index (χ1n) is 6.91. The fourth-order valence-electron chi connectivity index (χ4n) is 1.96. The summed E-state index contributed by atoms with van der Waals surface area (Å²) in [5, 5.41) is 13.7. The number of thioether (sulfide) groups is 1. The molecule has 0 fully saturated rings. The lowest BCUT2D eigenvalue weighted by Crippen LogP contribution is -2.13. The van der Waals surface area contributed by atoms with Crippen LogP contribution in [0, 0.1) is 10.1 Å². The Labute approximate surface area is 138 Å². The Morgan fingerprint density at radius 2 is 1.96 bits per heavy atom. The summed E-state index contributed by atoms with van der Waals surface area (Å²) >= 11 is 1.68. The Balaban J connectivity index is 2.21. The third-order valence-electron chi connectivity index (χ3n) is 3.08. The summed E-state index contributed by atoms with van der Waals surface area (Å²) < 4.78 is 4.97. The van der Waals surface area contributed by atoms with Gasteiger partial charge in [-0.25, -0.2) is 0 Å². The van der Waals surface area contributed by atoms with E-state index in [0.717, 1.165) is 10.6 Å². The van der Waals surface area contributed by atoms with Crippen molar-refractivity contribution in [3.63, 3.8) is 0 Å². The van der Waals surface area contributed by atoms with Crippen LogP contribution in [0.1, 0.15) is 17.3 Å². The molecule has 6 nitrogen and oxygen atoms in total. The Morgan fingerprint density at radius 1 is 1.26 bits per heavy atom. The number of nitrogens with one attached hydrogen (secondary N) is 1. The molecule has 0 aliphatic rings. The van der Waals surface area contributed by atoms with Gasteiger partial charge < -0.3 is 10.1 Å². The number of nitro benzene ring substituents is 1. The maximum absolute atomic E-state index is 12.2. The van der Waals surface area contributed by atoms with Crippen molar-refractivity contribution in [2.45, 2.75) is 11.8 Å². The smallest absolute Gasteiger partial charge is 0.296 e. The Kier molecular flexibility index (Phi) is 5.59. The van der Waals surface area contributed by atoms with Gasteiger partial charge in [0.25, 0.3) is 11.6 Å². The van der Waals surface area contributed by atoms with Crippen LogP contribution in [0.25, 0.3) is 0 Å². The van der Waals surface area contributed by atoms with E-state index in [1.807, 2.05) is 19.1 Å². The van der Waals surface area contributed by atoms with E-state index in [2.05, 4.69) is 5.32 Å². The zero-order valence-electron chi connectivity index (χ0n) is 12.7. The summed E-state index contributed by atoms with van der Waals surface area (Å²) in [6.07, 6.45) is 0. The Hall–Kier alpha value is -2.54. The minimum absolute atomic E-state index is 0.132. The molecule has 2 aromatic rings. The number of carbonyl (C=O) groups excluding carboxylic acids is 1. The number of hydrogen-bond acceptors (Lipinski definition) is 5. The molecule has 2 aromatic carbocycles. The zero-order chi connectivity index (χ0) is 16.8. The predicted molar refractivity (Wildman–Crippen MR) is 90.4 cm³/mol. The summed E-state index contributed by atoms with van der Waals surface area (Å²) in [5.41, 5.74) is 0.360. The number of ether oxygens (including phenoxy) is 1. The van der Waals surface area contributed by atoms with Crippen LogP contribution in [0.4, 0.5) is 11.4 Å². The molecule has 0 radical (unpaired) electrons. The molecule has 120 valence electrons. The van der Waals surface area contributed by atoms with Gasteiger partial charge >= 0.3 is 0 Å². The maximum atomic E-state index is 12.2. The lowest BCUT2D eigenvalue weighted by molar-refractivity contribution is -0.384. The van der Waals surface area contributed by atoms with E-state index in [-0.39, 0.29) is 11.4 Å². The fourth-order valence-corrected chi connectivity index (χ4v) is 2.62. The van der Waals surface area contributed by atoms with E-state index in [1.54, 1.807) is 30.0 Å². The number of nitrogens with zero attached hydrogens (tertiary/aromatic N) is 1. The summed E-state index contributed by atoms with van der Waals surface area (Å²) in [6.45, 7) is 2.05. The van der Waals surface area contributed by atoms with E-state index in [0.29, 0.717) is 11.3 Å². The number of rotatable bonds is 6. The largest absolute Gasteiger partial charge is 0.496 e. The number of hydrogen-bond donors (Lipinski definition) is 1. The number of anilines is 1. The lowest BCUT2D eigenvalue weighted by Gasteiger charge is -2.08. The SMILES string of the molecule is CCSc1ccc(C(=O)Nc2ccc(OC)cc2[N+](=O)[O-])cc1. The number of amides is 1. The molecule has 23 heavy (non-hydrogen) atoms. The molecule has 0 atom stereocenters. The van der Waals surface area contributed by atoms with Gasteiger partial charge in [0.15, 0.2) is 0 Å². The molecular weight excluding hydrogens is 316 g/mol. The molecule has 2 rings (SSSR count). The highest BCUT2D eigenvalue weighted by molar-refractivity contribution is 7.99. The van der Waals surface area contributed by atoms with Crippen molar-refractivity contribution in [1.82, 2.24) is 0 Å². The minimum Gasteiger partial charge on any atom is -0.496 e. The van der Waals surface area contributed by atoms with E-state index < -0.39 is 10.8 Å². The average molecular weight is 332 g/mol. The van der Waals surface area contributed by atoms with Crippen LogP contribution in [-0.4, -0.2) is 23.7 Å². The van der Waals surface area contributed by atoms with Crippen LogP contribution in [0.15, 0.2) is 47.4 Å². The van der Waals surface area contributed by atoms with Gasteiger partial charge in [0.05, 0.1) is 18.1 Å². The molecule has 7 heteroatoms. The summed E-state index contributed by atoms with van der Waals surface area (Å²) in [6, 6.07) is 11.4. The van der Waals surface area contributed by atoms with Crippen LogP contribution in [0.3, 0.4) is 0 Å². The molecular formula is C16H16N2O4S. The molecule has 0 unspecified atom stereocenters. The first kappa shape index (κ1) is 16.8. The molecule has 0 spiro atoms. The molecule has 0 heterocycles. The van der Waals surface area contributed by atoms with Crippen LogP contribution in [0.2, 0.25) is 0 Å². The maximum Gasteiger partial charge on any atom is 0.296 e. The highest BCUT2D eigenvalue weighted by atomic mass is 32.2. The summed E-state index contributed by atoms with van der Waals surface area (Å²) in [5.74, 6) is 0.908. The average Bonchev–Trinajstić information content (AvgIpc) is 2.56. The molecule has 0 bridgehead atoms. The fraction of sp³-hybridized carbons (Fsp3) is 0.188. The second-order valence-electron chi connectivity index (χ2n) is 4.55. The topological polar surface area (TPSA) is 81.5 Å². The van der Waals surface area contributed by atoms with Crippen molar-refractivity contribution in [2.75, 3.05) is 18.2 Å². The minimum atomic E-state index is -0.556. The van der Waals surface area contributed by atoms with Crippen molar-refractivity contribution in [1.29, 1.82) is 0 Å². The standard InChI is InChI=1S/C16H16N2O4S/c1-3-23-13-7-4-11(5-8-13)16(19)17-14-9-6-12(22-2)10-15(14)18(20)21/h4-10H,3H2,1-2H3,(H,17,19). The lowest BCUT2D eigenvalue weighted by atomic mass is 10.2. The quantitative estimate of drug-likeness (QED) is 0.492. The second-order valence-corrected chi connectivity index (χ2v) is 5.89. The molecule has 0 aliphatic heterocycles. The molecule has 0 saturated carbocycles. The number of methoxy groups -OCH3 is 1. The number of carbonyl (C=O) groups is 1. The molecule has 0 aromatic heterocycles. The molecule has 0 aliphatic carbocycles. The van der Waals surface area contributed by atoms with Gasteiger partial charge in [-0.15, -0.1) is 11.8 Å². The highest BCUT2D eigenvalue weighted by Gasteiger charge is 2.17. The highest BCUT2D eigenvalue weighted by Crippen LogP contribution is 2.29. The monoisotopic (exact) mass is 332 g/mol. The molecule has 1 N–H and O–H groups in total. The van der Waals surface area contributed by atoms with Gasteiger partial charge in [0, 0.05) is 10.5 Å². The van der Waals surface area contributed by atoms with Gasteiger partial charge in [-0.3, -0.25) is 14.9 Å². The van der Waals surface area contributed by atoms with Crippen LogP contribution >= 0.6 is 11.8 Å².